The van der Waals surface area contributed by atoms with E-state index in [2.05, 4.69) is 9.80 Å². The molecule has 1 saturated carbocycles. The van der Waals surface area contributed by atoms with Crippen LogP contribution in [0.4, 0.5) is 0 Å². The molecule has 0 unspecified atom stereocenters. The lowest BCUT2D eigenvalue weighted by Crippen LogP contribution is -2.57. The van der Waals surface area contributed by atoms with Crippen LogP contribution in [0.2, 0.25) is 0 Å². The van der Waals surface area contributed by atoms with Crippen LogP contribution in [0, 0.1) is 0 Å². The zero-order chi connectivity index (χ0) is 12.4. The van der Waals surface area contributed by atoms with Crippen LogP contribution in [0.1, 0.15) is 51.4 Å². The average molecular weight is 252 g/mol. The Hall–Kier alpha value is -0.120. The summed E-state index contributed by atoms with van der Waals surface area (Å²) in [6.07, 6.45) is 10.6. The minimum atomic E-state index is -0.113. The van der Waals surface area contributed by atoms with Gasteiger partial charge in [0.25, 0.3) is 0 Å². The molecule has 0 aromatic heterocycles. The molecule has 3 fully saturated rings. The van der Waals surface area contributed by atoms with Crippen molar-refractivity contribution >= 4 is 0 Å². The maximum absolute atomic E-state index is 10.5. The van der Waals surface area contributed by atoms with Gasteiger partial charge in [0.15, 0.2) is 0 Å². The van der Waals surface area contributed by atoms with E-state index in [0.717, 1.165) is 12.6 Å². The molecule has 104 valence electrons. The lowest BCUT2D eigenvalue weighted by atomic mass is 9.88. The Kier molecular flexibility index (Phi) is 4.22. The predicted octanol–water partition coefficient (Wildman–Crippen LogP) is 1.85. The molecule has 1 aliphatic carbocycles. The summed E-state index contributed by atoms with van der Waals surface area (Å²) >= 11 is 0. The van der Waals surface area contributed by atoms with E-state index in [-0.39, 0.29) is 6.10 Å². The van der Waals surface area contributed by atoms with Crippen molar-refractivity contribution in [1.82, 2.24) is 9.80 Å². The lowest BCUT2D eigenvalue weighted by molar-refractivity contribution is -0.0359. The molecule has 2 heterocycles. The Morgan fingerprint density at radius 3 is 2.00 bits per heavy atom. The van der Waals surface area contributed by atoms with E-state index in [9.17, 15) is 5.11 Å². The second-order valence-electron chi connectivity index (χ2n) is 6.45. The SMILES string of the molecule is O[C@@H]1CN(C2CCC2)CC[C@H]1N1CCCCCC1. The van der Waals surface area contributed by atoms with E-state index >= 15 is 0 Å². The molecule has 0 amide bonds. The van der Waals surface area contributed by atoms with Crippen molar-refractivity contribution in [2.45, 2.75) is 69.6 Å². The molecule has 18 heavy (non-hydrogen) atoms. The Morgan fingerprint density at radius 2 is 1.44 bits per heavy atom. The van der Waals surface area contributed by atoms with Crippen LogP contribution in [0.25, 0.3) is 0 Å². The molecule has 1 N–H and O–H groups in total. The Labute approximate surface area is 111 Å². The third-order valence-electron chi connectivity index (χ3n) is 5.28. The molecule has 0 radical (unpaired) electrons. The van der Waals surface area contributed by atoms with Gasteiger partial charge in [-0.15, -0.1) is 0 Å². The number of β-amino-alcohol motifs (C(OH)–C–C–N with tert-alkyl or cyclic N) is 1. The minimum absolute atomic E-state index is 0.113. The zero-order valence-electron chi connectivity index (χ0n) is 11.6. The van der Waals surface area contributed by atoms with Gasteiger partial charge in [-0.2, -0.15) is 0 Å². The summed E-state index contributed by atoms with van der Waals surface area (Å²) < 4.78 is 0. The van der Waals surface area contributed by atoms with Crippen LogP contribution in [-0.4, -0.2) is 59.3 Å². The molecule has 2 atom stereocenters. The van der Waals surface area contributed by atoms with Crippen molar-refractivity contribution in [3.63, 3.8) is 0 Å². The number of nitrogens with zero attached hydrogens (tertiary/aromatic N) is 2. The molecule has 0 aromatic carbocycles. The zero-order valence-corrected chi connectivity index (χ0v) is 11.6. The number of rotatable bonds is 2. The summed E-state index contributed by atoms with van der Waals surface area (Å²) in [6.45, 7) is 4.56. The highest BCUT2D eigenvalue weighted by molar-refractivity contribution is 4.91. The lowest BCUT2D eigenvalue weighted by Gasteiger charge is -2.46. The number of likely N-dealkylation sites (tertiary alicyclic amines) is 2. The smallest absolute Gasteiger partial charge is 0.0822 e. The van der Waals surface area contributed by atoms with Crippen molar-refractivity contribution in [3.8, 4) is 0 Å². The Bertz CT molecular complexity index is 259. The highest BCUT2D eigenvalue weighted by Crippen LogP contribution is 2.29. The van der Waals surface area contributed by atoms with Gasteiger partial charge < -0.3 is 5.11 Å². The van der Waals surface area contributed by atoms with Crippen LogP contribution in [-0.2, 0) is 0 Å². The van der Waals surface area contributed by atoms with Crippen LogP contribution in [0.5, 0.6) is 0 Å². The predicted molar refractivity (Wildman–Crippen MR) is 73.7 cm³/mol. The Balaban J connectivity index is 1.54. The molecular formula is C15H28N2O. The molecule has 0 bridgehead atoms. The van der Waals surface area contributed by atoms with Gasteiger partial charge in [0.1, 0.15) is 0 Å². The molecule has 3 nitrogen and oxygen atoms in total. The van der Waals surface area contributed by atoms with Gasteiger partial charge in [-0.05, 0) is 45.2 Å². The first kappa shape index (κ1) is 12.9. The molecule has 2 saturated heterocycles. The van der Waals surface area contributed by atoms with Gasteiger partial charge >= 0.3 is 0 Å². The first-order valence-corrected chi connectivity index (χ1v) is 8.01. The van der Waals surface area contributed by atoms with Gasteiger partial charge in [-0.25, -0.2) is 0 Å². The third-order valence-corrected chi connectivity index (χ3v) is 5.28. The molecule has 0 spiro atoms. The van der Waals surface area contributed by atoms with Crippen LogP contribution in [0.15, 0.2) is 0 Å². The number of hydrogen-bond acceptors (Lipinski definition) is 3. The number of aliphatic hydroxyl groups excluding tert-OH is 1. The van der Waals surface area contributed by atoms with Crippen LogP contribution in [0.3, 0.4) is 0 Å². The maximum atomic E-state index is 10.5. The highest BCUT2D eigenvalue weighted by Gasteiger charge is 2.36. The first-order chi connectivity index (χ1) is 8.84. The number of hydrogen-bond donors (Lipinski definition) is 1. The molecule has 0 aromatic rings. The van der Waals surface area contributed by atoms with E-state index in [1.807, 2.05) is 0 Å². The second-order valence-corrected chi connectivity index (χ2v) is 6.45. The summed E-state index contributed by atoms with van der Waals surface area (Å²) in [6, 6.07) is 1.24. The topological polar surface area (TPSA) is 26.7 Å². The van der Waals surface area contributed by atoms with Gasteiger partial charge in [0, 0.05) is 25.2 Å². The van der Waals surface area contributed by atoms with Gasteiger partial charge in [-0.3, -0.25) is 9.80 Å². The van der Waals surface area contributed by atoms with Crippen molar-refractivity contribution in [3.05, 3.63) is 0 Å². The summed E-state index contributed by atoms with van der Waals surface area (Å²) in [5.74, 6) is 0. The van der Waals surface area contributed by atoms with E-state index in [0.29, 0.717) is 6.04 Å². The van der Waals surface area contributed by atoms with E-state index in [1.54, 1.807) is 0 Å². The standard InChI is InChI=1S/C15H28N2O/c18-15-12-17(13-6-5-7-13)11-8-14(15)16-9-3-1-2-4-10-16/h13-15,18H,1-12H2/t14-,15-/m1/s1. The summed E-state index contributed by atoms with van der Waals surface area (Å²) in [7, 11) is 0. The van der Waals surface area contributed by atoms with Gasteiger partial charge in [0.2, 0.25) is 0 Å². The van der Waals surface area contributed by atoms with Gasteiger partial charge in [0.05, 0.1) is 6.10 Å². The van der Waals surface area contributed by atoms with Crippen molar-refractivity contribution in [1.29, 1.82) is 0 Å². The van der Waals surface area contributed by atoms with Crippen molar-refractivity contribution in [2.24, 2.45) is 0 Å². The van der Waals surface area contributed by atoms with E-state index in [1.165, 1.54) is 71.0 Å². The first-order valence-electron chi connectivity index (χ1n) is 8.01. The summed E-state index contributed by atoms with van der Waals surface area (Å²) in [5.41, 5.74) is 0. The van der Waals surface area contributed by atoms with E-state index in [4.69, 9.17) is 0 Å². The van der Waals surface area contributed by atoms with E-state index < -0.39 is 0 Å². The van der Waals surface area contributed by atoms with Gasteiger partial charge in [-0.1, -0.05) is 19.3 Å². The highest BCUT2D eigenvalue weighted by atomic mass is 16.3. The monoisotopic (exact) mass is 252 g/mol. The average Bonchev–Trinajstić information content (AvgIpc) is 2.55. The second kappa shape index (κ2) is 5.89. The number of aliphatic hydroxyl groups is 1. The molecule has 2 aliphatic heterocycles. The van der Waals surface area contributed by atoms with Crippen LogP contribution < -0.4 is 0 Å². The molecule has 3 aliphatic rings. The molecule has 3 heteroatoms. The molecular weight excluding hydrogens is 224 g/mol. The molecule has 3 rings (SSSR count). The fourth-order valence-electron chi connectivity index (χ4n) is 3.88. The maximum Gasteiger partial charge on any atom is 0.0822 e. The Morgan fingerprint density at radius 1 is 0.722 bits per heavy atom. The van der Waals surface area contributed by atoms with Crippen LogP contribution >= 0.6 is 0 Å². The fourth-order valence-corrected chi connectivity index (χ4v) is 3.88. The largest absolute Gasteiger partial charge is 0.390 e. The minimum Gasteiger partial charge on any atom is -0.390 e. The van der Waals surface area contributed by atoms with Crippen molar-refractivity contribution in [2.75, 3.05) is 26.2 Å². The third kappa shape index (κ3) is 2.73. The summed E-state index contributed by atoms with van der Waals surface area (Å²) in [5, 5.41) is 10.5. The quantitative estimate of drug-likeness (QED) is 0.812. The number of piperidine rings is 1. The van der Waals surface area contributed by atoms with Crippen molar-refractivity contribution < 1.29 is 5.11 Å². The summed E-state index contributed by atoms with van der Waals surface area (Å²) in [4.78, 5) is 5.12. The fraction of sp³-hybridized carbons (Fsp3) is 1.00. The normalized spacial score (nSPS) is 37.2.